The van der Waals surface area contributed by atoms with Gasteiger partial charge in [0.05, 0.1) is 5.54 Å². The van der Waals surface area contributed by atoms with Gasteiger partial charge < -0.3 is 11.1 Å². The molecule has 0 atom stereocenters. The van der Waals surface area contributed by atoms with Crippen molar-refractivity contribution in [2.45, 2.75) is 78.2 Å². The van der Waals surface area contributed by atoms with Gasteiger partial charge in [0.2, 0.25) is 5.91 Å². The van der Waals surface area contributed by atoms with Crippen LogP contribution in [0.4, 0.5) is 0 Å². The van der Waals surface area contributed by atoms with E-state index in [2.05, 4.69) is 33.0 Å². The van der Waals surface area contributed by atoms with Gasteiger partial charge in [-0.15, -0.1) is 0 Å². The molecule has 1 amide bonds. The van der Waals surface area contributed by atoms with Gasteiger partial charge in [-0.25, -0.2) is 0 Å². The number of carbonyl (C=O) groups is 1. The molecular weight excluding hydrogens is 236 g/mol. The van der Waals surface area contributed by atoms with Crippen LogP contribution in [0.3, 0.4) is 0 Å². The zero-order valence-electron chi connectivity index (χ0n) is 13.2. The summed E-state index contributed by atoms with van der Waals surface area (Å²) in [6.45, 7) is 9.18. The Labute approximate surface area is 118 Å². The summed E-state index contributed by atoms with van der Waals surface area (Å²) in [6.07, 6.45) is 7.29. The van der Waals surface area contributed by atoms with Gasteiger partial charge in [-0.05, 0) is 38.0 Å². The number of carbonyl (C=O) groups excluding carboxylic acids is 1. The maximum Gasteiger partial charge on any atom is 0.226 e. The van der Waals surface area contributed by atoms with Gasteiger partial charge in [0, 0.05) is 12.0 Å². The third kappa shape index (κ3) is 3.71. The van der Waals surface area contributed by atoms with E-state index in [0.29, 0.717) is 12.5 Å². The van der Waals surface area contributed by atoms with Crippen molar-refractivity contribution in [3.05, 3.63) is 0 Å². The maximum atomic E-state index is 12.8. The number of amides is 1. The van der Waals surface area contributed by atoms with Gasteiger partial charge in [0.1, 0.15) is 0 Å². The normalized spacial score (nSPS) is 18.8. The molecule has 0 aromatic heterocycles. The minimum absolute atomic E-state index is 0.126. The summed E-state index contributed by atoms with van der Waals surface area (Å²) in [6, 6.07) is 0. The summed E-state index contributed by atoms with van der Waals surface area (Å²) in [7, 11) is 0. The molecule has 0 spiro atoms. The fourth-order valence-electron chi connectivity index (χ4n) is 3.50. The van der Waals surface area contributed by atoms with Gasteiger partial charge in [-0.1, -0.05) is 40.5 Å². The van der Waals surface area contributed by atoms with E-state index in [1.807, 2.05) is 0 Å². The van der Waals surface area contributed by atoms with Crippen LogP contribution in [0.25, 0.3) is 0 Å². The molecule has 1 aliphatic rings. The van der Waals surface area contributed by atoms with Crippen molar-refractivity contribution in [2.24, 2.45) is 17.1 Å². The molecule has 0 unspecified atom stereocenters. The van der Waals surface area contributed by atoms with E-state index < -0.39 is 0 Å². The Bertz CT molecular complexity index is 281. The van der Waals surface area contributed by atoms with Gasteiger partial charge in [-0.3, -0.25) is 4.79 Å². The van der Waals surface area contributed by atoms with Crippen molar-refractivity contribution < 1.29 is 4.79 Å². The van der Waals surface area contributed by atoms with Gasteiger partial charge in [-0.2, -0.15) is 0 Å². The lowest BCUT2D eigenvalue weighted by atomic mass is 9.76. The van der Waals surface area contributed by atoms with E-state index in [4.69, 9.17) is 5.73 Å². The molecule has 1 aliphatic carbocycles. The smallest absolute Gasteiger partial charge is 0.226 e. The second-order valence-electron chi connectivity index (χ2n) is 6.73. The van der Waals surface area contributed by atoms with Crippen molar-refractivity contribution in [1.82, 2.24) is 5.32 Å². The highest BCUT2D eigenvalue weighted by molar-refractivity contribution is 5.83. The number of hydrogen-bond acceptors (Lipinski definition) is 2. The Morgan fingerprint density at radius 2 is 1.79 bits per heavy atom. The zero-order chi connectivity index (χ0) is 14.5. The average molecular weight is 268 g/mol. The molecule has 0 saturated heterocycles. The quantitative estimate of drug-likeness (QED) is 0.745. The van der Waals surface area contributed by atoms with Crippen LogP contribution in [0.1, 0.15) is 72.6 Å². The number of nitrogens with one attached hydrogen (secondary N) is 1. The van der Waals surface area contributed by atoms with Crippen LogP contribution in [0.5, 0.6) is 0 Å². The van der Waals surface area contributed by atoms with E-state index in [-0.39, 0.29) is 16.9 Å². The molecule has 112 valence electrons. The van der Waals surface area contributed by atoms with Crippen LogP contribution in [0, 0.1) is 11.3 Å². The molecule has 0 heterocycles. The van der Waals surface area contributed by atoms with Crippen LogP contribution in [0.15, 0.2) is 0 Å². The third-order valence-corrected chi connectivity index (χ3v) is 4.96. The van der Waals surface area contributed by atoms with E-state index >= 15 is 0 Å². The second kappa shape index (κ2) is 6.74. The van der Waals surface area contributed by atoms with Crippen LogP contribution in [0.2, 0.25) is 0 Å². The molecule has 1 fully saturated rings. The molecule has 0 aromatic carbocycles. The zero-order valence-corrected chi connectivity index (χ0v) is 13.2. The summed E-state index contributed by atoms with van der Waals surface area (Å²) < 4.78 is 0. The van der Waals surface area contributed by atoms with E-state index in [0.717, 1.165) is 32.1 Å². The topological polar surface area (TPSA) is 55.1 Å². The van der Waals surface area contributed by atoms with Crippen LogP contribution in [-0.4, -0.2) is 18.0 Å². The lowest BCUT2D eigenvalue weighted by molar-refractivity contribution is -0.134. The SMILES string of the molecule is CCC(CC)(CN)NC(=O)C1(CC(C)C)CCCC1. The van der Waals surface area contributed by atoms with Crippen LogP contribution in [-0.2, 0) is 4.79 Å². The summed E-state index contributed by atoms with van der Waals surface area (Å²) in [5.41, 5.74) is 5.57. The molecule has 3 nitrogen and oxygen atoms in total. The maximum absolute atomic E-state index is 12.8. The predicted molar refractivity (Wildman–Crippen MR) is 80.9 cm³/mol. The molecule has 1 saturated carbocycles. The minimum atomic E-state index is -0.205. The number of rotatable bonds is 7. The van der Waals surface area contributed by atoms with Gasteiger partial charge in [0.25, 0.3) is 0 Å². The van der Waals surface area contributed by atoms with Crippen molar-refractivity contribution in [3.63, 3.8) is 0 Å². The van der Waals surface area contributed by atoms with Crippen molar-refractivity contribution >= 4 is 5.91 Å². The Kier molecular flexibility index (Phi) is 5.84. The Morgan fingerprint density at radius 1 is 1.26 bits per heavy atom. The molecule has 3 heteroatoms. The molecule has 0 radical (unpaired) electrons. The molecule has 3 N–H and O–H groups in total. The van der Waals surface area contributed by atoms with Crippen molar-refractivity contribution in [2.75, 3.05) is 6.54 Å². The van der Waals surface area contributed by atoms with Crippen LogP contribution < -0.4 is 11.1 Å². The largest absolute Gasteiger partial charge is 0.349 e. The lowest BCUT2D eigenvalue weighted by Crippen LogP contribution is -2.56. The fourth-order valence-corrected chi connectivity index (χ4v) is 3.50. The molecule has 19 heavy (non-hydrogen) atoms. The van der Waals surface area contributed by atoms with Gasteiger partial charge in [0.15, 0.2) is 0 Å². The minimum Gasteiger partial charge on any atom is -0.349 e. The highest BCUT2D eigenvalue weighted by Gasteiger charge is 2.43. The molecular formula is C16H32N2O. The van der Waals surface area contributed by atoms with Gasteiger partial charge >= 0.3 is 0 Å². The third-order valence-electron chi connectivity index (χ3n) is 4.96. The van der Waals surface area contributed by atoms with Crippen molar-refractivity contribution in [1.29, 1.82) is 0 Å². The average Bonchev–Trinajstić information content (AvgIpc) is 2.85. The highest BCUT2D eigenvalue weighted by Crippen LogP contribution is 2.43. The fraction of sp³-hybridized carbons (Fsp3) is 0.938. The lowest BCUT2D eigenvalue weighted by Gasteiger charge is -2.37. The van der Waals surface area contributed by atoms with Crippen molar-refractivity contribution in [3.8, 4) is 0 Å². The monoisotopic (exact) mass is 268 g/mol. The van der Waals surface area contributed by atoms with E-state index in [9.17, 15) is 4.79 Å². The van der Waals surface area contributed by atoms with Crippen LogP contribution >= 0.6 is 0 Å². The van der Waals surface area contributed by atoms with E-state index in [1.54, 1.807) is 0 Å². The summed E-state index contributed by atoms with van der Waals surface area (Å²) in [4.78, 5) is 12.8. The summed E-state index contributed by atoms with van der Waals surface area (Å²) >= 11 is 0. The molecule has 1 rings (SSSR count). The second-order valence-corrected chi connectivity index (χ2v) is 6.73. The Balaban J connectivity index is 2.83. The first-order valence-electron chi connectivity index (χ1n) is 7.96. The molecule has 0 aliphatic heterocycles. The first-order chi connectivity index (χ1) is 8.93. The Hall–Kier alpha value is -0.570. The standard InChI is InChI=1S/C16H32N2O/c1-5-16(6-2,12-17)18-14(19)15(11-13(3)4)9-7-8-10-15/h13H,5-12,17H2,1-4H3,(H,18,19). The Morgan fingerprint density at radius 3 is 2.16 bits per heavy atom. The predicted octanol–water partition coefficient (Wildman–Crippen LogP) is 3.23. The molecule has 0 aromatic rings. The summed E-state index contributed by atoms with van der Waals surface area (Å²) in [5, 5.41) is 3.30. The highest BCUT2D eigenvalue weighted by atomic mass is 16.2. The molecule has 0 bridgehead atoms. The first kappa shape index (κ1) is 16.5. The van der Waals surface area contributed by atoms with E-state index in [1.165, 1.54) is 12.8 Å². The number of nitrogens with two attached hydrogens (primary N) is 1. The summed E-state index contributed by atoms with van der Waals surface area (Å²) in [5.74, 6) is 0.826. The first-order valence-corrected chi connectivity index (χ1v) is 7.96. The number of hydrogen-bond donors (Lipinski definition) is 2.